The molecule has 0 radical (unpaired) electrons. The zero-order valence-corrected chi connectivity index (χ0v) is 18.3. The summed E-state index contributed by atoms with van der Waals surface area (Å²) in [5.74, 6) is -0.400. The van der Waals surface area contributed by atoms with Gasteiger partial charge >= 0.3 is 5.69 Å². The summed E-state index contributed by atoms with van der Waals surface area (Å²) in [5, 5.41) is 1.63. The summed E-state index contributed by atoms with van der Waals surface area (Å²) < 4.78 is 20.7. The maximum absolute atomic E-state index is 14.0. The molecule has 3 aromatic rings. The van der Waals surface area contributed by atoms with Gasteiger partial charge in [-0.05, 0) is 29.6 Å². The molecule has 1 aliphatic heterocycles. The predicted octanol–water partition coefficient (Wildman–Crippen LogP) is 1.76. The van der Waals surface area contributed by atoms with E-state index in [1.165, 1.54) is 10.6 Å². The van der Waals surface area contributed by atoms with Gasteiger partial charge in [0.15, 0.2) is 5.52 Å². The van der Waals surface area contributed by atoms with Crippen molar-refractivity contribution < 1.29 is 9.18 Å². The monoisotopic (exact) mass is 445 g/mol. The van der Waals surface area contributed by atoms with Crippen LogP contribution in [0.15, 0.2) is 39.2 Å². The molecule has 164 valence electrons. The molecule has 31 heavy (non-hydrogen) atoms. The van der Waals surface area contributed by atoms with E-state index < -0.39 is 11.2 Å². The Morgan fingerprint density at radius 1 is 1.13 bits per heavy atom. The highest BCUT2D eigenvalue weighted by molar-refractivity contribution is 7.04. The van der Waals surface area contributed by atoms with Gasteiger partial charge in [0.25, 0.3) is 5.56 Å². The third kappa shape index (κ3) is 4.12. The first-order valence-electron chi connectivity index (χ1n) is 10.2. The van der Waals surface area contributed by atoms with Gasteiger partial charge < -0.3 is 9.80 Å². The van der Waals surface area contributed by atoms with Crippen LogP contribution >= 0.6 is 11.5 Å². The molecule has 0 unspecified atom stereocenters. The molecule has 0 aliphatic carbocycles. The molecule has 1 amide bonds. The first kappa shape index (κ1) is 21.2. The van der Waals surface area contributed by atoms with E-state index in [9.17, 15) is 18.8 Å². The number of carbonyl (C=O) groups is 1. The molecule has 8 nitrogen and oxygen atoms in total. The van der Waals surface area contributed by atoms with E-state index in [0.29, 0.717) is 37.4 Å². The van der Waals surface area contributed by atoms with E-state index in [0.717, 1.165) is 16.1 Å². The fourth-order valence-corrected chi connectivity index (χ4v) is 4.52. The van der Waals surface area contributed by atoms with Crippen molar-refractivity contribution in [2.45, 2.75) is 26.9 Å². The van der Waals surface area contributed by atoms with Gasteiger partial charge in [-0.1, -0.05) is 26.0 Å². The maximum atomic E-state index is 14.0. The number of para-hydroxylation sites is 1. The predicted molar refractivity (Wildman–Crippen MR) is 118 cm³/mol. The average molecular weight is 446 g/mol. The van der Waals surface area contributed by atoms with E-state index in [-0.39, 0.29) is 36.2 Å². The summed E-state index contributed by atoms with van der Waals surface area (Å²) >= 11 is 1.09. The number of carbonyl (C=O) groups excluding carboxylic acids is 1. The van der Waals surface area contributed by atoms with Crippen LogP contribution in [-0.2, 0) is 17.9 Å². The SMILES string of the molecule is CC(C)Cn1c(=O)c2nscc2n(CC(=O)N2CCN(c3ccccc3F)CC2)c1=O. The second-order valence-corrected chi connectivity index (χ2v) is 8.68. The van der Waals surface area contributed by atoms with Gasteiger partial charge in [0.2, 0.25) is 5.91 Å². The lowest BCUT2D eigenvalue weighted by Gasteiger charge is -2.36. The second-order valence-electron chi connectivity index (χ2n) is 8.05. The molecule has 0 bridgehead atoms. The molecule has 0 atom stereocenters. The molecule has 1 fully saturated rings. The standard InChI is InChI=1S/C21H24FN5O3S/c1-14(2)11-27-20(29)19-17(13-31-23-19)26(21(27)30)12-18(28)25-9-7-24(8-10-25)16-6-4-3-5-15(16)22/h3-6,13-14H,7-12H2,1-2H3. The number of halogens is 1. The first-order valence-corrected chi connectivity index (χ1v) is 11.1. The van der Waals surface area contributed by atoms with E-state index >= 15 is 0 Å². The third-order valence-corrected chi connectivity index (χ3v) is 6.03. The topological polar surface area (TPSA) is 80.4 Å². The van der Waals surface area contributed by atoms with Crippen LogP contribution in [0.5, 0.6) is 0 Å². The van der Waals surface area contributed by atoms with Gasteiger partial charge in [-0.25, -0.2) is 9.18 Å². The fourth-order valence-electron chi connectivity index (χ4n) is 3.85. The molecule has 3 heterocycles. The van der Waals surface area contributed by atoms with E-state index in [1.54, 1.807) is 28.5 Å². The Labute approximate surface area is 182 Å². The molecule has 0 N–H and O–H groups in total. The molecule has 0 saturated carbocycles. The largest absolute Gasteiger partial charge is 0.366 e. The van der Waals surface area contributed by atoms with Crippen LogP contribution in [0.3, 0.4) is 0 Å². The zero-order valence-electron chi connectivity index (χ0n) is 17.5. The van der Waals surface area contributed by atoms with Crippen LogP contribution in [0.2, 0.25) is 0 Å². The smallest absolute Gasteiger partial charge is 0.332 e. The van der Waals surface area contributed by atoms with Crippen molar-refractivity contribution in [3.63, 3.8) is 0 Å². The van der Waals surface area contributed by atoms with Gasteiger partial charge in [-0.3, -0.25) is 18.7 Å². The number of anilines is 1. The van der Waals surface area contributed by atoms with E-state index in [4.69, 9.17) is 0 Å². The Morgan fingerprint density at radius 3 is 2.52 bits per heavy atom. The summed E-state index contributed by atoms with van der Waals surface area (Å²) in [7, 11) is 0. The Kier molecular flexibility index (Phi) is 5.90. The number of hydrogen-bond acceptors (Lipinski definition) is 6. The Hall–Kier alpha value is -3.01. The highest BCUT2D eigenvalue weighted by Crippen LogP contribution is 2.20. The lowest BCUT2D eigenvalue weighted by atomic mass is 10.2. The number of aromatic nitrogens is 3. The number of rotatable bonds is 5. The number of hydrogen-bond donors (Lipinski definition) is 0. The van der Waals surface area contributed by atoms with Gasteiger partial charge in [0, 0.05) is 38.1 Å². The number of fused-ring (bicyclic) bond motifs is 1. The highest BCUT2D eigenvalue weighted by Gasteiger charge is 2.25. The number of amides is 1. The minimum Gasteiger partial charge on any atom is -0.366 e. The molecule has 1 aromatic carbocycles. The molecule has 1 saturated heterocycles. The minimum atomic E-state index is -0.496. The fraction of sp³-hybridized carbons (Fsp3) is 0.429. The Bertz CT molecular complexity index is 1220. The summed E-state index contributed by atoms with van der Waals surface area (Å²) in [6.45, 7) is 5.81. The molecule has 2 aromatic heterocycles. The molecule has 0 spiro atoms. The van der Waals surface area contributed by atoms with Crippen LogP contribution in [0.1, 0.15) is 13.8 Å². The van der Waals surface area contributed by atoms with Gasteiger partial charge in [-0.15, -0.1) is 0 Å². The lowest BCUT2D eigenvalue weighted by Crippen LogP contribution is -2.51. The maximum Gasteiger partial charge on any atom is 0.332 e. The van der Waals surface area contributed by atoms with Crippen LogP contribution in [0, 0.1) is 11.7 Å². The second kappa shape index (κ2) is 8.62. The Balaban J connectivity index is 1.54. The lowest BCUT2D eigenvalue weighted by molar-refractivity contribution is -0.132. The number of piperazine rings is 1. The number of benzene rings is 1. The molecule has 10 heteroatoms. The molecular weight excluding hydrogens is 421 g/mol. The van der Waals surface area contributed by atoms with Crippen molar-refractivity contribution in [2.75, 3.05) is 31.1 Å². The Morgan fingerprint density at radius 2 is 1.84 bits per heavy atom. The molecular formula is C21H24FN5O3S. The van der Waals surface area contributed by atoms with Crippen molar-refractivity contribution >= 4 is 34.2 Å². The minimum absolute atomic E-state index is 0.0945. The van der Waals surface area contributed by atoms with Crippen LogP contribution in [0.25, 0.3) is 11.0 Å². The number of nitrogens with zero attached hydrogens (tertiary/aromatic N) is 5. The summed E-state index contributed by atoms with van der Waals surface area (Å²) in [4.78, 5) is 42.2. The van der Waals surface area contributed by atoms with E-state index in [1.807, 2.05) is 18.7 Å². The summed E-state index contributed by atoms with van der Waals surface area (Å²) in [5.41, 5.74) is 0.209. The average Bonchev–Trinajstić information content (AvgIpc) is 3.24. The van der Waals surface area contributed by atoms with Crippen molar-refractivity contribution in [1.29, 1.82) is 0 Å². The van der Waals surface area contributed by atoms with Gasteiger partial charge in [0.1, 0.15) is 12.4 Å². The van der Waals surface area contributed by atoms with Crippen LogP contribution in [-0.4, -0.2) is 50.5 Å². The van der Waals surface area contributed by atoms with Crippen LogP contribution in [0.4, 0.5) is 10.1 Å². The molecule has 4 rings (SSSR count). The van der Waals surface area contributed by atoms with Crippen molar-refractivity contribution in [1.82, 2.24) is 18.4 Å². The van der Waals surface area contributed by atoms with Gasteiger partial charge in [-0.2, -0.15) is 4.37 Å². The zero-order chi connectivity index (χ0) is 22.1. The molecule has 1 aliphatic rings. The van der Waals surface area contributed by atoms with Gasteiger partial charge in [0.05, 0.1) is 11.2 Å². The summed E-state index contributed by atoms with van der Waals surface area (Å²) in [6.07, 6.45) is 0. The quantitative estimate of drug-likeness (QED) is 0.598. The van der Waals surface area contributed by atoms with Crippen LogP contribution < -0.4 is 16.1 Å². The first-order chi connectivity index (χ1) is 14.9. The van der Waals surface area contributed by atoms with Crippen molar-refractivity contribution in [3.8, 4) is 0 Å². The normalized spacial score (nSPS) is 14.6. The highest BCUT2D eigenvalue weighted by atomic mass is 32.1. The third-order valence-electron chi connectivity index (χ3n) is 5.42. The van der Waals surface area contributed by atoms with Crippen molar-refractivity contribution in [2.24, 2.45) is 5.92 Å². The summed E-state index contributed by atoms with van der Waals surface area (Å²) in [6, 6.07) is 6.58. The van der Waals surface area contributed by atoms with Crippen molar-refractivity contribution in [3.05, 3.63) is 56.3 Å². The van der Waals surface area contributed by atoms with E-state index in [2.05, 4.69) is 4.37 Å².